The molecule has 0 saturated carbocycles. The molecule has 1 amide bonds. The Balaban J connectivity index is 2.32. The van der Waals surface area contributed by atoms with Crippen LogP contribution >= 0.6 is 0 Å². The molecule has 0 bridgehead atoms. The molecule has 0 aromatic carbocycles. The van der Waals surface area contributed by atoms with E-state index in [1.54, 1.807) is 0 Å². The number of hydrogen-bond acceptors (Lipinski definition) is 1. The van der Waals surface area contributed by atoms with Crippen LogP contribution in [0.15, 0.2) is 0 Å². The van der Waals surface area contributed by atoms with Crippen molar-refractivity contribution in [2.24, 2.45) is 5.92 Å². The molecule has 0 radical (unpaired) electrons. The third kappa shape index (κ3) is 0.967. The summed E-state index contributed by atoms with van der Waals surface area (Å²) in [6, 6.07) is 0. The molecule has 3 heteroatoms. The second-order valence-electron chi connectivity index (χ2n) is 2.03. The average Bonchev–Trinajstić information content (AvgIpc) is 2.14. The first-order chi connectivity index (χ1) is 3.83. The molecule has 1 N–H and O–H groups in total. The lowest BCUT2D eigenvalue weighted by Gasteiger charge is -1.94. The predicted octanol–water partition coefficient (Wildman–Crippen LogP) is 0.0920. The Hall–Kier alpha value is -0.600. The van der Waals surface area contributed by atoms with Crippen LogP contribution in [0.5, 0.6) is 0 Å². The molecule has 8 heavy (non-hydrogen) atoms. The minimum atomic E-state index is -0.376. The van der Waals surface area contributed by atoms with Crippen LogP contribution in [0.1, 0.15) is 6.42 Å². The maximum atomic E-state index is 11.7. The quantitative estimate of drug-likeness (QED) is 0.518. The summed E-state index contributed by atoms with van der Waals surface area (Å²) in [4.78, 5) is 10.3. The molecule has 1 heterocycles. The Morgan fingerprint density at radius 1 is 1.88 bits per heavy atom. The van der Waals surface area contributed by atoms with E-state index in [2.05, 4.69) is 5.32 Å². The minimum Gasteiger partial charge on any atom is -0.356 e. The largest absolute Gasteiger partial charge is 0.356 e. The second-order valence-corrected chi connectivity index (χ2v) is 2.03. The third-order valence-corrected chi connectivity index (χ3v) is 1.28. The van der Waals surface area contributed by atoms with E-state index in [9.17, 15) is 9.18 Å². The van der Waals surface area contributed by atoms with E-state index in [4.69, 9.17) is 0 Å². The summed E-state index contributed by atoms with van der Waals surface area (Å²) in [5, 5.41) is 2.54. The first-order valence-corrected chi connectivity index (χ1v) is 2.65. The summed E-state index contributed by atoms with van der Waals surface area (Å²) < 4.78 is 11.7. The van der Waals surface area contributed by atoms with Gasteiger partial charge in [-0.05, 0) is 0 Å². The van der Waals surface area contributed by atoms with Crippen molar-refractivity contribution < 1.29 is 9.18 Å². The van der Waals surface area contributed by atoms with Gasteiger partial charge in [-0.2, -0.15) is 0 Å². The van der Waals surface area contributed by atoms with E-state index in [0.717, 1.165) is 0 Å². The van der Waals surface area contributed by atoms with Crippen molar-refractivity contribution >= 4 is 5.91 Å². The van der Waals surface area contributed by atoms with Crippen molar-refractivity contribution in [3.05, 3.63) is 0 Å². The number of carbonyl (C=O) groups is 1. The van der Waals surface area contributed by atoms with Crippen molar-refractivity contribution in [3.8, 4) is 0 Å². The number of amides is 1. The molecule has 2 nitrogen and oxygen atoms in total. The molecule has 0 aromatic heterocycles. The monoisotopic (exact) mass is 117 g/mol. The topological polar surface area (TPSA) is 29.1 Å². The normalized spacial score (nSPS) is 28.1. The van der Waals surface area contributed by atoms with Crippen molar-refractivity contribution in [3.63, 3.8) is 0 Å². The summed E-state index contributed by atoms with van der Waals surface area (Å²) in [6.45, 7) is 0.147. The summed E-state index contributed by atoms with van der Waals surface area (Å²) in [5.41, 5.74) is 0. The van der Waals surface area contributed by atoms with Crippen LogP contribution in [-0.2, 0) is 4.79 Å². The smallest absolute Gasteiger partial charge is 0.220 e. The van der Waals surface area contributed by atoms with E-state index < -0.39 is 0 Å². The fourth-order valence-corrected chi connectivity index (χ4v) is 0.774. The highest BCUT2D eigenvalue weighted by Crippen LogP contribution is 2.07. The molecule has 0 spiro atoms. The van der Waals surface area contributed by atoms with Gasteiger partial charge in [0.1, 0.15) is 0 Å². The van der Waals surface area contributed by atoms with Crippen LogP contribution in [0.25, 0.3) is 0 Å². The molecule has 1 saturated heterocycles. The van der Waals surface area contributed by atoms with Crippen LogP contribution in [0, 0.1) is 5.92 Å². The minimum absolute atomic E-state index is 0.0207. The summed E-state index contributed by atoms with van der Waals surface area (Å²) in [7, 11) is 0. The zero-order valence-electron chi connectivity index (χ0n) is 4.48. The van der Waals surface area contributed by atoms with Gasteiger partial charge in [-0.1, -0.05) is 0 Å². The molecule has 1 atom stereocenters. The van der Waals surface area contributed by atoms with Crippen molar-refractivity contribution in [2.75, 3.05) is 13.2 Å². The van der Waals surface area contributed by atoms with Gasteiger partial charge in [-0.15, -0.1) is 0 Å². The molecule has 0 aromatic rings. The van der Waals surface area contributed by atoms with Gasteiger partial charge in [0.15, 0.2) is 0 Å². The van der Waals surface area contributed by atoms with Crippen LogP contribution in [-0.4, -0.2) is 19.1 Å². The molecular weight excluding hydrogens is 109 g/mol. The Bertz CT molecular complexity index is 105. The summed E-state index contributed by atoms with van der Waals surface area (Å²) in [6.07, 6.45) is 0.372. The Morgan fingerprint density at radius 3 is 2.88 bits per heavy atom. The molecule has 46 valence electrons. The highest BCUT2D eigenvalue weighted by atomic mass is 19.1. The zero-order valence-corrected chi connectivity index (χ0v) is 4.48. The fourth-order valence-electron chi connectivity index (χ4n) is 0.774. The van der Waals surface area contributed by atoms with Crippen LogP contribution < -0.4 is 5.32 Å². The van der Waals surface area contributed by atoms with Gasteiger partial charge in [-0.3, -0.25) is 9.18 Å². The van der Waals surface area contributed by atoms with Crippen molar-refractivity contribution in [1.29, 1.82) is 0 Å². The van der Waals surface area contributed by atoms with Crippen LogP contribution in [0.4, 0.5) is 4.39 Å². The number of nitrogens with one attached hydrogen (secondary N) is 1. The van der Waals surface area contributed by atoms with Gasteiger partial charge in [-0.25, -0.2) is 0 Å². The van der Waals surface area contributed by atoms with Gasteiger partial charge in [0.25, 0.3) is 0 Å². The van der Waals surface area contributed by atoms with Crippen LogP contribution in [0.3, 0.4) is 0 Å². The number of halogens is 1. The number of alkyl halides is 1. The number of hydrogen-bond donors (Lipinski definition) is 1. The van der Waals surface area contributed by atoms with Gasteiger partial charge in [0.05, 0.1) is 6.67 Å². The first kappa shape index (κ1) is 5.54. The molecule has 0 aliphatic carbocycles. The van der Waals surface area contributed by atoms with Crippen LogP contribution in [0.2, 0.25) is 0 Å². The Morgan fingerprint density at radius 2 is 2.62 bits per heavy atom. The summed E-state index contributed by atoms with van der Waals surface area (Å²) >= 11 is 0. The first-order valence-electron chi connectivity index (χ1n) is 2.65. The lowest BCUT2D eigenvalue weighted by molar-refractivity contribution is -0.119. The number of rotatable bonds is 1. The Kier molecular flexibility index (Phi) is 1.46. The lowest BCUT2D eigenvalue weighted by atomic mass is 10.1. The molecule has 0 unspecified atom stereocenters. The lowest BCUT2D eigenvalue weighted by Crippen LogP contribution is -2.14. The van der Waals surface area contributed by atoms with Crippen molar-refractivity contribution in [2.45, 2.75) is 6.42 Å². The maximum Gasteiger partial charge on any atom is 0.220 e. The average molecular weight is 117 g/mol. The van der Waals surface area contributed by atoms with E-state index in [0.29, 0.717) is 13.0 Å². The zero-order chi connectivity index (χ0) is 5.98. The molecule has 1 rings (SSSR count). The van der Waals surface area contributed by atoms with Gasteiger partial charge in [0, 0.05) is 18.9 Å². The van der Waals surface area contributed by atoms with Crippen molar-refractivity contribution in [1.82, 2.24) is 5.32 Å². The van der Waals surface area contributed by atoms with Gasteiger partial charge >= 0.3 is 0 Å². The standard InChI is InChI=1S/C5H8FNO/c6-2-4-1-5(8)7-3-4/h4H,1-3H2,(H,7,8)/t4-/m1/s1. The Labute approximate surface area is 47.1 Å². The van der Waals surface area contributed by atoms with E-state index in [1.807, 2.05) is 0 Å². The molecular formula is C5H8FNO. The predicted molar refractivity (Wildman–Crippen MR) is 27.1 cm³/mol. The highest BCUT2D eigenvalue weighted by Gasteiger charge is 2.20. The van der Waals surface area contributed by atoms with E-state index >= 15 is 0 Å². The molecule has 1 aliphatic heterocycles. The van der Waals surface area contributed by atoms with Gasteiger partial charge in [0.2, 0.25) is 5.91 Å². The fraction of sp³-hybridized carbons (Fsp3) is 0.800. The van der Waals surface area contributed by atoms with E-state index in [-0.39, 0.29) is 18.5 Å². The SMILES string of the molecule is O=C1C[C@H](CF)CN1. The highest BCUT2D eigenvalue weighted by molar-refractivity contribution is 5.78. The molecule has 1 aliphatic rings. The second kappa shape index (κ2) is 2.11. The van der Waals surface area contributed by atoms with Gasteiger partial charge < -0.3 is 5.32 Å². The number of carbonyl (C=O) groups excluding carboxylic acids is 1. The third-order valence-electron chi connectivity index (χ3n) is 1.28. The molecule has 1 fully saturated rings. The summed E-state index contributed by atoms with van der Waals surface area (Å²) in [5.74, 6) is -0.0739. The maximum absolute atomic E-state index is 11.7. The van der Waals surface area contributed by atoms with E-state index in [1.165, 1.54) is 0 Å².